The van der Waals surface area contributed by atoms with Gasteiger partial charge in [0.25, 0.3) is 0 Å². The lowest BCUT2D eigenvalue weighted by molar-refractivity contribution is 1.03. The Morgan fingerprint density at radius 2 is 1.50 bits per heavy atom. The van der Waals surface area contributed by atoms with Gasteiger partial charge >= 0.3 is 0 Å². The Hall–Kier alpha value is -0.455. The highest BCUT2D eigenvalue weighted by Crippen LogP contribution is 2.21. The van der Waals surface area contributed by atoms with E-state index < -0.39 is 0 Å². The molecule has 0 fully saturated rings. The van der Waals surface area contributed by atoms with Gasteiger partial charge in [0.2, 0.25) is 0 Å². The lowest BCUT2D eigenvalue weighted by Gasteiger charge is -2.11. The second-order valence-corrected chi connectivity index (χ2v) is 3.59. The van der Waals surface area contributed by atoms with Crippen molar-refractivity contribution < 1.29 is 0 Å². The summed E-state index contributed by atoms with van der Waals surface area (Å²) in [6.45, 7) is 11.1. The highest BCUT2D eigenvalue weighted by Gasteiger charge is 2.01. The Balaban J connectivity index is 4.90. The van der Waals surface area contributed by atoms with Crippen molar-refractivity contribution >= 4 is 7.85 Å². The zero-order valence-corrected chi connectivity index (χ0v) is 9.41. The molecule has 0 saturated carbocycles. The van der Waals surface area contributed by atoms with E-state index in [2.05, 4.69) is 42.5 Å². The monoisotopic (exact) mass is 164 g/mol. The fraction of sp³-hybridized carbons (Fsp3) is 0.636. The molecule has 0 aromatic rings. The van der Waals surface area contributed by atoms with Crippen molar-refractivity contribution in [1.29, 1.82) is 0 Å². The average Bonchev–Trinajstić information content (AvgIpc) is 2.03. The first kappa shape index (κ1) is 11.5. The summed E-state index contributed by atoms with van der Waals surface area (Å²) in [5.74, 6) is 0. The van der Waals surface area contributed by atoms with E-state index in [0.717, 1.165) is 6.42 Å². The number of hydrogen-bond acceptors (Lipinski definition) is 0. The summed E-state index contributed by atoms with van der Waals surface area (Å²) in [7, 11) is 2.23. The Kier molecular flexibility index (Phi) is 5.04. The summed E-state index contributed by atoms with van der Waals surface area (Å²) in [6.07, 6.45) is 2.33. The van der Waals surface area contributed by atoms with Crippen LogP contribution in [0.25, 0.3) is 0 Å². The van der Waals surface area contributed by atoms with Crippen LogP contribution in [0.15, 0.2) is 22.2 Å². The van der Waals surface area contributed by atoms with Crippen LogP contribution < -0.4 is 0 Å². The van der Waals surface area contributed by atoms with Crippen molar-refractivity contribution in [3.8, 4) is 0 Å². The van der Waals surface area contributed by atoms with Crippen molar-refractivity contribution in [1.82, 2.24) is 0 Å². The molecule has 0 rings (SSSR count). The van der Waals surface area contributed by atoms with Gasteiger partial charge in [-0.25, -0.2) is 0 Å². The van der Waals surface area contributed by atoms with Gasteiger partial charge in [-0.05, 0) is 39.2 Å². The highest BCUT2D eigenvalue weighted by molar-refractivity contribution is 6.22. The van der Waals surface area contributed by atoms with Crippen LogP contribution in [0.3, 0.4) is 0 Å². The molecular weight excluding hydrogens is 143 g/mol. The van der Waals surface area contributed by atoms with E-state index in [0.29, 0.717) is 0 Å². The van der Waals surface area contributed by atoms with E-state index in [1.807, 2.05) is 0 Å². The molecule has 0 heterocycles. The second kappa shape index (κ2) is 5.24. The molecular formula is C11H21B. The fourth-order valence-electron chi connectivity index (χ4n) is 1.52. The first-order chi connectivity index (χ1) is 5.54. The molecule has 0 unspecified atom stereocenters. The molecule has 0 atom stereocenters. The summed E-state index contributed by atoms with van der Waals surface area (Å²) >= 11 is 0. The summed E-state index contributed by atoms with van der Waals surface area (Å²) in [6, 6.07) is 0. The van der Waals surface area contributed by atoms with Gasteiger partial charge in [-0.2, -0.15) is 0 Å². The standard InChI is InChI=1S/C11H21B/c1-6-10(8(3)4)9(5)11(12)7-2/h6-7,12H2,1-5H3/b11-9+. The van der Waals surface area contributed by atoms with E-state index in [-0.39, 0.29) is 0 Å². The van der Waals surface area contributed by atoms with E-state index >= 15 is 0 Å². The highest BCUT2D eigenvalue weighted by atomic mass is 14.1. The van der Waals surface area contributed by atoms with Gasteiger partial charge in [-0.1, -0.05) is 25.0 Å². The molecule has 0 amide bonds. The topological polar surface area (TPSA) is 0 Å². The summed E-state index contributed by atoms with van der Waals surface area (Å²) in [5.41, 5.74) is 6.02. The smallest absolute Gasteiger partial charge is 0.107 e. The van der Waals surface area contributed by atoms with Crippen LogP contribution in [0, 0.1) is 0 Å². The molecule has 0 saturated heterocycles. The first-order valence-corrected chi connectivity index (χ1v) is 4.87. The van der Waals surface area contributed by atoms with Crippen LogP contribution in [0.2, 0.25) is 0 Å². The average molecular weight is 164 g/mol. The first-order valence-electron chi connectivity index (χ1n) is 4.87. The van der Waals surface area contributed by atoms with Gasteiger partial charge in [-0.15, -0.1) is 5.47 Å². The quantitative estimate of drug-likeness (QED) is 0.444. The molecule has 12 heavy (non-hydrogen) atoms. The number of allylic oxidation sites excluding steroid dienone is 4. The molecule has 1 heteroatoms. The molecule has 0 aromatic heterocycles. The van der Waals surface area contributed by atoms with Crippen molar-refractivity contribution in [3.63, 3.8) is 0 Å². The van der Waals surface area contributed by atoms with Gasteiger partial charge in [0.1, 0.15) is 7.85 Å². The maximum absolute atomic E-state index is 2.24. The van der Waals surface area contributed by atoms with Crippen molar-refractivity contribution in [3.05, 3.63) is 22.2 Å². The molecule has 68 valence electrons. The maximum atomic E-state index is 2.24. The number of rotatable bonds is 3. The predicted molar refractivity (Wildman–Crippen MR) is 60.2 cm³/mol. The van der Waals surface area contributed by atoms with E-state index in [9.17, 15) is 0 Å². The van der Waals surface area contributed by atoms with E-state index in [4.69, 9.17) is 0 Å². The van der Waals surface area contributed by atoms with E-state index in [1.54, 1.807) is 0 Å². The number of hydrogen-bond donors (Lipinski definition) is 0. The van der Waals surface area contributed by atoms with Crippen molar-refractivity contribution in [2.75, 3.05) is 0 Å². The van der Waals surface area contributed by atoms with Crippen LogP contribution in [0.5, 0.6) is 0 Å². The Labute approximate surface area is 78.2 Å². The minimum atomic E-state index is 1.16. The van der Waals surface area contributed by atoms with Gasteiger partial charge in [-0.3, -0.25) is 0 Å². The Morgan fingerprint density at radius 3 is 1.75 bits per heavy atom. The fourth-order valence-corrected chi connectivity index (χ4v) is 1.52. The molecule has 0 N–H and O–H groups in total. The minimum absolute atomic E-state index is 1.16. The van der Waals surface area contributed by atoms with Crippen LogP contribution in [0.1, 0.15) is 47.5 Å². The van der Waals surface area contributed by atoms with E-state index in [1.165, 1.54) is 28.6 Å². The molecule has 0 aliphatic carbocycles. The summed E-state index contributed by atoms with van der Waals surface area (Å²) in [5, 5.41) is 0. The van der Waals surface area contributed by atoms with Crippen molar-refractivity contribution in [2.24, 2.45) is 0 Å². The van der Waals surface area contributed by atoms with Gasteiger partial charge < -0.3 is 0 Å². The molecule has 0 aliphatic rings. The third-order valence-electron chi connectivity index (χ3n) is 2.58. The molecule has 0 radical (unpaired) electrons. The van der Waals surface area contributed by atoms with Crippen LogP contribution in [-0.2, 0) is 0 Å². The maximum Gasteiger partial charge on any atom is 0.134 e. The predicted octanol–water partition coefficient (Wildman–Crippen LogP) is 3.05. The summed E-state index contributed by atoms with van der Waals surface area (Å²) < 4.78 is 0. The normalized spacial score (nSPS) is 12.4. The third kappa shape index (κ3) is 2.88. The third-order valence-corrected chi connectivity index (χ3v) is 2.58. The van der Waals surface area contributed by atoms with Gasteiger partial charge in [0.15, 0.2) is 0 Å². The lowest BCUT2D eigenvalue weighted by Crippen LogP contribution is -1.93. The summed E-state index contributed by atoms with van der Waals surface area (Å²) in [4.78, 5) is 0. The van der Waals surface area contributed by atoms with Crippen LogP contribution in [0.4, 0.5) is 0 Å². The molecule has 0 bridgehead atoms. The molecule has 0 aliphatic heterocycles. The molecule has 0 aromatic carbocycles. The second-order valence-electron chi connectivity index (χ2n) is 3.59. The molecule has 0 spiro atoms. The zero-order valence-electron chi connectivity index (χ0n) is 9.41. The Morgan fingerprint density at radius 1 is 1.00 bits per heavy atom. The lowest BCUT2D eigenvalue weighted by atomic mass is 9.84. The van der Waals surface area contributed by atoms with Gasteiger partial charge in [0.05, 0.1) is 0 Å². The van der Waals surface area contributed by atoms with Gasteiger partial charge in [0, 0.05) is 0 Å². The van der Waals surface area contributed by atoms with Crippen molar-refractivity contribution in [2.45, 2.75) is 47.5 Å². The Bertz CT molecular complexity index is 205. The van der Waals surface area contributed by atoms with Crippen LogP contribution in [-0.4, -0.2) is 7.85 Å². The SMILES string of the molecule is B/C(CC)=C(\C)C(CC)=C(C)C. The molecule has 0 nitrogen and oxygen atoms in total. The largest absolute Gasteiger partial charge is 0.134 e. The van der Waals surface area contributed by atoms with Crippen LogP contribution >= 0.6 is 0 Å². The zero-order chi connectivity index (χ0) is 9.72. The minimum Gasteiger partial charge on any atom is -0.107 e.